The molecule has 0 aromatic carbocycles. The summed E-state index contributed by atoms with van der Waals surface area (Å²) in [5.74, 6) is 0.572. The largest absolute Gasteiger partial charge is 0.444 e. The molecular formula is C16H24BrN3O2. The molecule has 5 nitrogen and oxygen atoms in total. The Kier molecular flexibility index (Phi) is 5.67. The van der Waals surface area contributed by atoms with Crippen LogP contribution in [0.3, 0.4) is 0 Å². The quantitative estimate of drug-likeness (QED) is 0.820. The fourth-order valence-electron chi connectivity index (χ4n) is 2.39. The fraction of sp³-hybridized carbons (Fsp3) is 0.625. The van der Waals surface area contributed by atoms with E-state index in [9.17, 15) is 4.79 Å². The number of nitrogens with one attached hydrogen (secondary N) is 1. The maximum absolute atomic E-state index is 12.0. The number of hydrogen-bond acceptors (Lipinski definition) is 4. The van der Waals surface area contributed by atoms with Crippen molar-refractivity contribution in [3.63, 3.8) is 0 Å². The van der Waals surface area contributed by atoms with Crippen molar-refractivity contribution in [1.82, 2.24) is 9.88 Å². The third kappa shape index (κ3) is 5.48. The normalized spacial score (nSPS) is 16.5. The van der Waals surface area contributed by atoms with Crippen molar-refractivity contribution < 1.29 is 9.53 Å². The molecule has 0 radical (unpaired) electrons. The summed E-state index contributed by atoms with van der Waals surface area (Å²) in [4.78, 5) is 18.0. The molecule has 0 unspecified atom stereocenters. The Hall–Kier alpha value is -1.30. The molecule has 1 amide bonds. The van der Waals surface area contributed by atoms with Crippen LogP contribution in [0.5, 0.6) is 0 Å². The summed E-state index contributed by atoms with van der Waals surface area (Å²) in [6.45, 7) is 8.13. The zero-order valence-electron chi connectivity index (χ0n) is 13.4. The molecule has 6 heteroatoms. The number of hydrogen-bond donors (Lipinski definition) is 1. The van der Waals surface area contributed by atoms with Gasteiger partial charge in [-0.15, -0.1) is 0 Å². The van der Waals surface area contributed by atoms with Crippen molar-refractivity contribution in [2.24, 2.45) is 5.92 Å². The van der Waals surface area contributed by atoms with E-state index in [1.54, 1.807) is 0 Å². The number of likely N-dealkylation sites (tertiary alicyclic amines) is 1. The summed E-state index contributed by atoms with van der Waals surface area (Å²) >= 11 is 3.33. The minimum absolute atomic E-state index is 0.198. The van der Waals surface area contributed by atoms with Crippen LogP contribution in [0.2, 0.25) is 0 Å². The van der Waals surface area contributed by atoms with E-state index in [1.165, 1.54) is 0 Å². The van der Waals surface area contributed by atoms with Crippen molar-refractivity contribution in [1.29, 1.82) is 0 Å². The van der Waals surface area contributed by atoms with E-state index in [2.05, 4.69) is 26.2 Å². The standard InChI is InChI=1S/C16H24BrN3O2/c1-16(2,3)22-15(21)20-8-6-12(7-9-20)10-18-13-4-5-14(17)19-11-13/h4-5,11-12,18H,6-10H2,1-3H3. The number of aromatic nitrogens is 1. The van der Waals surface area contributed by atoms with Gasteiger partial charge in [-0.3, -0.25) is 0 Å². The summed E-state index contributed by atoms with van der Waals surface area (Å²) in [7, 11) is 0. The van der Waals surface area contributed by atoms with Crippen molar-refractivity contribution in [2.75, 3.05) is 25.0 Å². The molecule has 2 heterocycles. The van der Waals surface area contributed by atoms with Gasteiger partial charge in [0.25, 0.3) is 0 Å². The van der Waals surface area contributed by atoms with Crippen molar-refractivity contribution in [3.8, 4) is 0 Å². The third-order valence-corrected chi connectivity index (χ3v) is 4.06. The van der Waals surface area contributed by atoms with Crippen LogP contribution in [0.15, 0.2) is 22.9 Å². The molecule has 1 saturated heterocycles. The number of anilines is 1. The van der Waals surface area contributed by atoms with E-state index < -0.39 is 5.60 Å². The van der Waals surface area contributed by atoms with E-state index in [0.29, 0.717) is 5.92 Å². The van der Waals surface area contributed by atoms with Crippen LogP contribution in [-0.4, -0.2) is 41.2 Å². The highest BCUT2D eigenvalue weighted by molar-refractivity contribution is 9.10. The third-order valence-electron chi connectivity index (χ3n) is 3.59. The van der Waals surface area contributed by atoms with E-state index in [1.807, 2.05) is 44.0 Å². The lowest BCUT2D eigenvalue weighted by Gasteiger charge is -2.33. The summed E-state index contributed by atoms with van der Waals surface area (Å²) in [5.41, 5.74) is 0.599. The summed E-state index contributed by atoms with van der Waals surface area (Å²) in [6, 6.07) is 3.93. The average Bonchev–Trinajstić information content (AvgIpc) is 2.45. The van der Waals surface area contributed by atoms with Gasteiger partial charge in [0.05, 0.1) is 11.9 Å². The van der Waals surface area contributed by atoms with Crippen LogP contribution in [0.25, 0.3) is 0 Å². The second-order valence-corrected chi connectivity index (χ2v) is 7.47. The first-order valence-electron chi connectivity index (χ1n) is 7.67. The van der Waals surface area contributed by atoms with Gasteiger partial charge in [0.2, 0.25) is 0 Å². The van der Waals surface area contributed by atoms with Gasteiger partial charge < -0.3 is 15.0 Å². The number of halogens is 1. The lowest BCUT2D eigenvalue weighted by molar-refractivity contribution is 0.0188. The van der Waals surface area contributed by atoms with Crippen molar-refractivity contribution in [3.05, 3.63) is 22.9 Å². The molecular weight excluding hydrogens is 346 g/mol. The van der Waals surface area contributed by atoms with Gasteiger partial charge in [0.15, 0.2) is 0 Å². The molecule has 1 fully saturated rings. The molecule has 1 N–H and O–H groups in total. The van der Waals surface area contributed by atoms with E-state index in [-0.39, 0.29) is 6.09 Å². The highest BCUT2D eigenvalue weighted by Crippen LogP contribution is 2.20. The number of piperidine rings is 1. The number of nitrogens with zero attached hydrogens (tertiary/aromatic N) is 2. The van der Waals surface area contributed by atoms with Gasteiger partial charge in [0, 0.05) is 19.6 Å². The second-order valence-electron chi connectivity index (χ2n) is 6.66. The number of carbonyl (C=O) groups is 1. The molecule has 0 saturated carbocycles. The Morgan fingerprint density at radius 2 is 2.09 bits per heavy atom. The lowest BCUT2D eigenvalue weighted by Crippen LogP contribution is -2.42. The van der Waals surface area contributed by atoms with Crippen LogP contribution in [-0.2, 0) is 4.74 Å². The zero-order valence-corrected chi connectivity index (χ0v) is 15.0. The van der Waals surface area contributed by atoms with Gasteiger partial charge in [-0.05, 0) is 67.6 Å². The smallest absolute Gasteiger partial charge is 0.410 e. The van der Waals surface area contributed by atoms with Gasteiger partial charge in [-0.25, -0.2) is 9.78 Å². The molecule has 1 aliphatic rings. The summed E-state index contributed by atoms with van der Waals surface area (Å²) < 4.78 is 6.25. The SMILES string of the molecule is CC(C)(C)OC(=O)N1CCC(CNc2ccc(Br)nc2)CC1. The Labute approximate surface area is 140 Å². The first-order chi connectivity index (χ1) is 10.3. The summed E-state index contributed by atoms with van der Waals surface area (Å²) in [6.07, 6.45) is 3.61. The highest BCUT2D eigenvalue weighted by atomic mass is 79.9. The van der Waals surface area contributed by atoms with Crippen LogP contribution in [0.4, 0.5) is 10.5 Å². The first-order valence-corrected chi connectivity index (χ1v) is 8.46. The van der Waals surface area contributed by atoms with E-state index in [4.69, 9.17) is 4.74 Å². The van der Waals surface area contributed by atoms with Gasteiger partial charge in [-0.2, -0.15) is 0 Å². The molecule has 2 rings (SSSR count). The Balaban J connectivity index is 1.73. The molecule has 122 valence electrons. The highest BCUT2D eigenvalue weighted by Gasteiger charge is 2.26. The fourth-order valence-corrected chi connectivity index (χ4v) is 2.62. The number of pyridine rings is 1. The molecule has 1 aliphatic heterocycles. The molecule has 22 heavy (non-hydrogen) atoms. The number of ether oxygens (including phenoxy) is 1. The maximum atomic E-state index is 12.0. The topological polar surface area (TPSA) is 54.5 Å². The molecule has 0 bridgehead atoms. The van der Waals surface area contributed by atoms with E-state index >= 15 is 0 Å². The van der Waals surface area contributed by atoms with Crippen molar-refractivity contribution in [2.45, 2.75) is 39.2 Å². The zero-order chi connectivity index (χ0) is 16.2. The number of rotatable bonds is 3. The minimum atomic E-state index is -0.427. The van der Waals surface area contributed by atoms with Gasteiger partial charge in [0.1, 0.15) is 10.2 Å². The Morgan fingerprint density at radius 3 is 2.64 bits per heavy atom. The van der Waals surface area contributed by atoms with Crippen LogP contribution in [0.1, 0.15) is 33.6 Å². The predicted molar refractivity (Wildman–Crippen MR) is 91.0 cm³/mol. The maximum Gasteiger partial charge on any atom is 0.410 e. The molecule has 1 aromatic rings. The molecule has 1 aromatic heterocycles. The summed E-state index contributed by atoms with van der Waals surface area (Å²) in [5, 5.41) is 3.41. The minimum Gasteiger partial charge on any atom is -0.444 e. The number of amides is 1. The second kappa shape index (κ2) is 7.31. The molecule has 0 spiro atoms. The monoisotopic (exact) mass is 369 g/mol. The lowest BCUT2D eigenvalue weighted by atomic mass is 9.97. The Bertz CT molecular complexity index is 491. The van der Waals surface area contributed by atoms with Gasteiger partial charge >= 0.3 is 6.09 Å². The van der Waals surface area contributed by atoms with E-state index in [0.717, 1.165) is 42.8 Å². The molecule has 0 atom stereocenters. The first kappa shape index (κ1) is 17.1. The van der Waals surface area contributed by atoms with Crippen LogP contribution >= 0.6 is 15.9 Å². The Morgan fingerprint density at radius 1 is 1.41 bits per heavy atom. The predicted octanol–water partition coefficient (Wildman–Crippen LogP) is 3.90. The van der Waals surface area contributed by atoms with Crippen LogP contribution in [0, 0.1) is 5.92 Å². The number of carbonyl (C=O) groups excluding carboxylic acids is 1. The van der Waals surface area contributed by atoms with Crippen LogP contribution < -0.4 is 5.32 Å². The van der Waals surface area contributed by atoms with Gasteiger partial charge in [-0.1, -0.05) is 0 Å². The molecule has 0 aliphatic carbocycles. The average molecular weight is 370 g/mol. The van der Waals surface area contributed by atoms with Crippen molar-refractivity contribution >= 4 is 27.7 Å².